The Hall–Kier alpha value is -0.690. The molecule has 1 aliphatic heterocycles. The van der Waals surface area contributed by atoms with Gasteiger partial charge in [-0.2, -0.15) is 11.8 Å². The number of benzene rings is 1. The molecule has 4 rings (SSSR count). The fourth-order valence-electron chi connectivity index (χ4n) is 4.76. The zero-order valence-corrected chi connectivity index (χ0v) is 11.8. The van der Waals surface area contributed by atoms with Crippen LogP contribution in [0.4, 0.5) is 0 Å². The maximum atomic E-state index is 2.48. The first-order valence-electron chi connectivity index (χ1n) is 7.11. The van der Waals surface area contributed by atoms with E-state index >= 15 is 0 Å². The highest BCUT2D eigenvalue weighted by Gasteiger charge is 2.60. The van der Waals surface area contributed by atoms with Gasteiger partial charge in [0.1, 0.15) is 0 Å². The lowest BCUT2D eigenvalue weighted by Crippen LogP contribution is -2.53. The highest BCUT2D eigenvalue weighted by Crippen LogP contribution is 2.64. The van der Waals surface area contributed by atoms with Crippen molar-refractivity contribution in [3.63, 3.8) is 0 Å². The standard InChI is InChI=1S/C17H20S/c1-13-5-4-9-16-10-8-14-6-2-3-7-15(14)17(13,16)12-18-11-16/h2-7,13H,8-12H2,1H3/t13-,16+,17+/m0/s1. The minimum absolute atomic E-state index is 0.432. The van der Waals surface area contributed by atoms with E-state index in [4.69, 9.17) is 0 Å². The smallest absolute Gasteiger partial charge is 0.0173 e. The molecule has 1 heteroatoms. The molecule has 1 fully saturated rings. The van der Waals surface area contributed by atoms with Crippen molar-refractivity contribution in [3.05, 3.63) is 47.5 Å². The summed E-state index contributed by atoms with van der Waals surface area (Å²) in [4.78, 5) is 0. The second-order valence-corrected chi connectivity index (χ2v) is 7.31. The average Bonchev–Trinajstić information content (AvgIpc) is 2.81. The lowest BCUT2D eigenvalue weighted by molar-refractivity contribution is 0.103. The molecule has 3 aliphatic rings. The van der Waals surface area contributed by atoms with E-state index in [0.29, 0.717) is 16.7 Å². The van der Waals surface area contributed by atoms with Crippen molar-refractivity contribution in [2.45, 2.75) is 31.6 Å². The summed E-state index contributed by atoms with van der Waals surface area (Å²) in [7, 11) is 0. The molecule has 1 aromatic rings. The molecule has 18 heavy (non-hydrogen) atoms. The van der Waals surface area contributed by atoms with Crippen molar-refractivity contribution in [1.29, 1.82) is 0 Å². The summed E-state index contributed by atoms with van der Waals surface area (Å²) in [5.41, 5.74) is 4.29. The van der Waals surface area contributed by atoms with Crippen LogP contribution in [0.15, 0.2) is 36.4 Å². The first-order chi connectivity index (χ1) is 8.79. The molecule has 1 heterocycles. The Morgan fingerprint density at radius 3 is 3.06 bits per heavy atom. The summed E-state index contributed by atoms with van der Waals surface area (Å²) in [5, 5.41) is 0. The Morgan fingerprint density at radius 2 is 2.11 bits per heavy atom. The number of hydrogen-bond acceptors (Lipinski definition) is 1. The number of fused-ring (bicyclic) bond motifs is 1. The van der Waals surface area contributed by atoms with Gasteiger partial charge in [0.05, 0.1) is 0 Å². The first-order valence-corrected chi connectivity index (χ1v) is 8.27. The van der Waals surface area contributed by atoms with Crippen molar-refractivity contribution >= 4 is 11.8 Å². The third-order valence-corrected chi connectivity index (χ3v) is 7.15. The first kappa shape index (κ1) is 11.2. The second-order valence-electron chi connectivity index (χ2n) is 6.32. The minimum atomic E-state index is 0.432. The summed E-state index contributed by atoms with van der Waals surface area (Å²) in [6.07, 6.45) is 8.93. The molecule has 1 aromatic carbocycles. The van der Waals surface area contributed by atoms with Gasteiger partial charge in [-0.25, -0.2) is 0 Å². The number of rotatable bonds is 0. The van der Waals surface area contributed by atoms with Crippen LogP contribution in [0.1, 0.15) is 30.9 Å². The molecule has 94 valence electrons. The van der Waals surface area contributed by atoms with Gasteiger partial charge in [-0.3, -0.25) is 0 Å². The van der Waals surface area contributed by atoms with E-state index in [1.807, 2.05) is 0 Å². The number of aryl methyl sites for hydroxylation is 1. The number of thioether (sulfide) groups is 1. The molecule has 0 bridgehead atoms. The molecule has 0 amide bonds. The summed E-state index contributed by atoms with van der Waals surface area (Å²) < 4.78 is 0. The quantitative estimate of drug-likeness (QED) is 0.627. The van der Waals surface area contributed by atoms with Gasteiger partial charge >= 0.3 is 0 Å². The molecule has 0 radical (unpaired) electrons. The van der Waals surface area contributed by atoms with Crippen LogP contribution < -0.4 is 0 Å². The molecule has 1 saturated heterocycles. The topological polar surface area (TPSA) is 0 Å². The molecule has 0 N–H and O–H groups in total. The van der Waals surface area contributed by atoms with Crippen LogP contribution in [0, 0.1) is 11.3 Å². The monoisotopic (exact) mass is 256 g/mol. The maximum Gasteiger partial charge on any atom is 0.0173 e. The SMILES string of the molecule is C[C@H]1C=CC[C@]23CCc4ccccc4[C@@]12CSC3. The molecule has 0 saturated carbocycles. The Bertz CT molecular complexity index is 518. The van der Waals surface area contributed by atoms with Crippen LogP contribution in [-0.2, 0) is 11.8 Å². The Kier molecular flexibility index (Phi) is 2.27. The van der Waals surface area contributed by atoms with Crippen molar-refractivity contribution in [2.75, 3.05) is 11.5 Å². The predicted molar refractivity (Wildman–Crippen MR) is 79.1 cm³/mol. The Balaban J connectivity index is 2.00. The van der Waals surface area contributed by atoms with Gasteiger partial charge in [-0.1, -0.05) is 43.3 Å². The van der Waals surface area contributed by atoms with Gasteiger partial charge in [0.15, 0.2) is 0 Å². The second kappa shape index (κ2) is 3.66. The summed E-state index contributed by atoms with van der Waals surface area (Å²) in [6.45, 7) is 2.44. The third-order valence-electron chi connectivity index (χ3n) is 5.74. The van der Waals surface area contributed by atoms with Crippen molar-refractivity contribution < 1.29 is 0 Å². The van der Waals surface area contributed by atoms with E-state index in [0.717, 1.165) is 0 Å². The van der Waals surface area contributed by atoms with Crippen LogP contribution in [-0.4, -0.2) is 11.5 Å². The van der Waals surface area contributed by atoms with Gasteiger partial charge in [-0.05, 0) is 41.7 Å². The van der Waals surface area contributed by atoms with Crippen LogP contribution in [0.2, 0.25) is 0 Å². The largest absolute Gasteiger partial charge is 0.160 e. The Morgan fingerprint density at radius 1 is 1.22 bits per heavy atom. The lowest BCUT2D eigenvalue weighted by atomic mass is 9.48. The fourth-order valence-corrected chi connectivity index (χ4v) is 6.82. The van der Waals surface area contributed by atoms with Gasteiger partial charge in [0, 0.05) is 16.9 Å². The van der Waals surface area contributed by atoms with Crippen molar-refractivity contribution in [1.82, 2.24) is 0 Å². The molecule has 3 atom stereocenters. The van der Waals surface area contributed by atoms with E-state index in [-0.39, 0.29) is 0 Å². The average molecular weight is 256 g/mol. The van der Waals surface area contributed by atoms with Gasteiger partial charge in [0.2, 0.25) is 0 Å². The van der Waals surface area contributed by atoms with Crippen LogP contribution >= 0.6 is 11.8 Å². The number of allylic oxidation sites excluding steroid dienone is 2. The number of hydrogen-bond donors (Lipinski definition) is 0. The van der Waals surface area contributed by atoms with E-state index in [9.17, 15) is 0 Å². The van der Waals surface area contributed by atoms with E-state index < -0.39 is 0 Å². The van der Waals surface area contributed by atoms with E-state index in [1.54, 1.807) is 11.1 Å². The van der Waals surface area contributed by atoms with Crippen LogP contribution in [0.5, 0.6) is 0 Å². The molecule has 0 aromatic heterocycles. The predicted octanol–water partition coefficient (Wildman–Crippen LogP) is 4.20. The van der Waals surface area contributed by atoms with Crippen LogP contribution in [0.3, 0.4) is 0 Å². The molecule has 0 nitrogen and oxygen atoms in total. The minimum Gasteiger partial charge on any atom is -0.160 e. The summed E-state index contributed by atoms with van der Waals surface area (Å²) in [6, 6.07) is 9.25. The van der Waals surface area contributed by atoms with Crippen LogP contribution in [0.25, 0.3) is 0 Å². The molecular formula is C17H20S. The fraction of sp³-hybridized carbons (Fsp3) is 0.529. The zero-order valence-electron chi connectivity index (χ0n) is 11.0. The van der Waals surface area contributed by atoms with E-state index in [2.05, 4.69) is 55.1 Å². The highest BCUT2D eigenvalue weighted by molar-refractivity contribution is 7.99. The molecular weight excluding hydrogens is 236 g/mol. The zero-order chi connectivity index (χ0) is 12.2. The Labute approximate surface area is 114 Å². The van der Waals surface area contributed by atoms with E-state index in [1.165, 1.54) is 30.8 Å². The normalized spacial score (nSPS) is 41.1. The van der Waals surface area contributed by atoms with Crippen molar-refractivity contribution in [2.24, 2.45) is 11.3 Å². The molecule has 0 unspecified atom stereocenters. The van der Waals surface area contributed by atoms with Gasteiger partial charge in [-0.15, -0.1) is 0 Å². The maximum absolute atomic E-state index is 2.48. The molecule has 2 aliphatic carbocycles. The van der Waals surface area contributed by atoms with Crippen molar-refractivity contribution in [3.8, 4) is 0 Å². The molecule has 0 spiro atoms. The lowest BCUT2D eigenvalue weighted by Gasteiger charge is -2.54. The highest BCUT2D eigenvalue weighted by atomic mass is 32.2. The van der Waals surface area contributed by atoms with Gasteiger partial charge < -0.3 is 0 Å². The third kappa shape index (κ3) is 1.15. The summed E-state index contributed by atoms with van der Waals surface area (Å²) >= 11 is 2.19. The van der Waals surface area contributed by atoms with Gasteiger partial charge in [0.25, 0.3) is 0 Å². The summed E-state index contributed by atoms with van der Waals surface area (Å²) in [5.74, 6) is 3.40.